The van der Waals surface area contributed by atoms with Gasteiger partial charge in [-0.2, -0.15) is 0 Å². The fourth-order valence-corrected chi connectivity index (χ4v) is 4.96. The van der Waals surface area contributed by atoms with Crippen LogP contribution in [0.15, 0.2) is 53.2 Å². The Morgan fingerprint density at radius 3 is 2.83 bits per heavy atom. The van der Waals surface area contributed by atoms with Crippen LogP contribution in [-0.4, -0.2) is 58.6 Å². The highest BCUT2D eigenvalue weighted by Crippen LogP contribution is 2.52. The Morgan fingerprint density at radius 2 is 2.10 bits per heavy atom. The van der Waals surface area contributed by atoms with Crippen LogP contribution in [0.1, 0.15) is 16.9 Å². The second-order valence-electron chi connectivity index (χ2n) is 8.57. The normalized spacial score (nSPS) is 28.9. The molecule has 2 bridgehead atoms. The zero-order valence-electron chi connectivity index (χ0n) is 17.2. The minimum atomic E-state index is -0.678. The number of benzene rings is 1. The molecule has 4 atom stereocenters. The largest absolute Gasteiger partial charge is 0.360 e. The standard InChI is InChI=1S/C23H25N3O4/c1-15-3-5-16(6-4-15)9-12-26-14-23-10-7-18(29-23)19(20(23)22(26)28)21(27)25(2)13-17-8-11-24-30-17/h3-8,10-11,18-20H,9,12-14H2,1-2H3/t18-,19+,20-,23-/m0/s1. The van der Waals surface area contributed by atoms with Crippen LogP contribution in [0, 0.1) is 18.8 Å². The third-order valence-electron chi connectivity index (χ3n) is 6.52. The van der Waals surface area contributed by atoms with Crippen LogP contribution >= 0.6 is 0 Å². The summed E-state index contributed by atoms with van der Waals surface area (Å²) in [4.78, 5) is 30.0. The Bertz CT molecular complexity index is 984. The van der Waals surface area contributed by atoms with E-state index < -0.39 is 17.4 Å². The average molecular weight is 407 g/mol. The first-order valence-electron chi connectivity index (χ1n) is 10.3. The van der Waals surface area contributed by atoms with Crippen molar-refractivity contribution in [1.29, 1.82) is 0 Å². The zero-order chi connectivity index (χ0) is 20.9. The van der Waals surface area contributed by atoms with Gasteiger partial charge in [-0.1, -0.05) is 47.1 Å². The van der Waals surface area contributed by atoms with Gasteiger partial charge in [0.25, 0.3) is 0 Å². The minimum absolute atomic E-state index is 0.0142. The summed E-state index contributed by atoms with van der Waals surface area (Å²) in [5.41, 5.74) is 1.74. The first-order chi connectivity index (χ1) is 14.5. The number of nitrogens with zero attached hydrogens (tertiary/aromatic N) is 3. The lowest BCUT2D eigenvalue weighted by Crippen LogP contribution is -2.44. The number of likely N-dealkylation sites (tertiary alicyclic amines) is 1. The molecule has 7 nitrogen and oxygen atoms in total. The van der Waals surface area contributed by atoms with Gasteiger partial charge in [0.2, 0.25) is 11.8 Å². The van der Waals surface area contributed by atoms with Crippen LogP contribution in [0.3, 0.4) is 0 Å². The van der Waals surface area contributed by atoms with E-state index >= 15 is 0 Å². The number of aromatic nitrogens is 1. The van der Waals surface area contributed by atoms with E-state index in [1.54, 1.807) is 24.2 Å². The summed E-state index contributed by atoms with van der Waals surface area (Å²) in [6.45, 7) is 3.50. The molecule has 30 heavy (non-hydrogen) atoms. The Labute approximate surface area is 175 Å². The minimum Gasteiger partial charge on any atom is -0.360 e. The summed E-state index contributed by atoms with van der Waals surface area (Å²) in [7, 11) is 1.72. The fraction of sp³-hybridized carbons (Fsp3) is 0.435. The van der Waals surface area contributed by atoms with E-state index in [9.17, 15) is 9.59 Å². The lowest BCUT2D eigenvalue weighted by Gasteiger charge is -2.27. The molecule has 156 valence electrons. The van der Waals surface area contributed by atoms with Gasteiger partial charge in [-0.05, 0) is 18.9 Å². The highest BCUT2D eigenvalue weighted by Gasteiger charge is 2.66. The van der Waals surface area contributed by atoms with Gasteiger partial charge in [0.05, 0.1) is 37.2 Å². The van der Waals surface area contributed by atoms with Crippen LogP contribution in [0.4, 0.5) is 0 Å². The maximum atomic E-state index is 13.3. The van der Waals surface area contributed by atoms with Gasteiger partial charge >= 0.3 is 0 Å². The second-order valence-corrected chi connectivity index (χ2v) is 8.57. The van der Waals surface area contributed by atoms with Gasteiger partial charge < -0.3 is 19.1 Å². The quantitative estimate of drug-likeness (QED) is 0.685. The number of rotatable bonds is 6. The highest BCUT2D eigenvalue weighted by atomic mass is 16.5. The molecular formula is C23H25N3O4. The van der Waals surface area contributed by atoms with E-state index in [0.29, 0.717) is 25.4 Å². The molecule has 2 aromatic rings. The molecular weight excluding hydrogens is 382 g/mol. The molecule has 3 aliphatic rings. The van der Waals surface area contributed by atoms with E-state index in [1.165, 1.54) is 11.1 Å². The summed E-state index contributed by atoms with van der Waals surface area (Å²) in [6.07, 6.45) is 5.93. The molecule has 3 aliphatic heterocycles. The first-order valence-corrected chi connectivity index (χ1v) is 10.3. The third kappa shape index (κ3) is 3.04. The van der Waals surface area contributed by atoms with Crippen molar-refractivity contribution in [3.8, 4) is 0 Å². The van der Waals surface area contributed by atoms with E-state index in [2.05, 4.69) is 36.3 Å². The molecule has 0 unspecified atom stereocenters. The maximum Gasteiger partial charge on any atom is 0.230 e. The molecule has 0 radical (unpaired) electrons. The number of aryl methyl sites for hydroxylation is 1. The summed E-state index contributed by atoms with van der Waals surface area (Å²) in [5, 5.41) is 3.68. The number of carbonyl (C=O) groups excluding carboxylic acids is 2. The van der Waals surface area contributed by atoms with Crippen molar-refractivity contribution in [3.05, 3.63) is 65.6 Å². The average Bonchev–Trinajstić information content (AvgIpc) is 3.50. The van der Waals surface area contributed by atoms with Gasteiger partial charge in [0.1, 0.15) is 5.60 Å². The lowest BCUT2D eigenvalue weighted by atomic mass is 9.76. The Kier molecular flexibility index (Phi) is 4.50. The van der Waals surface area contributed by atoms with E-state index in [0.717, 1.165) is 6.42 Å². The van der Waals surface area contributed by atoms with Crippen molar-refractivity contribution in [2.45, 2.75) is 31.6 Å². The van der Waals surface area contributed by atoms with Crippen LogP contribution < -0.4 is 0 Å². The van der Waals surface area contributed by atoms with E-state index in [4.69, 9.17) is 9.26 Å². The summed E-state index contributed by atoms with van der Waals surface area (Å²) in [6, 6.07) is 10.1. The van der Waals surface area contributed by atoms with Crippen molar-refractivity contribution in [1.82, 2.24) is 15.0 Å². The SMILES string of the molecule is Cc1ccc(CCN2C[C@]34C=C[C@H](O3)[C@@H](C(=O)N(C)Cc3ccno3)[C@H]4C2=O)cc1. The Morgan fingerprint density at radius 1 is 1.30 bits per heavy atom. The molecule has 1 spiro atoms. The van der Waals surface area contributed by atoms with Crippen LogP contribution in [-0.2, 0) is 27.3 Å². The van der Waals surface area contributed by atoms with Crippen LogP contribution in [0.25, 0.3) is 0 Å². The summed E-state index contributed by atoms with van der Waals surface area (Å²) < 4.78 is 11.3. The molecule has 2 fully saturated rings. The molecule has 0 N–H and O–H groups in total. The van der Waals surface area contributed by atoms with Crippen LogP contribution in [0.2, 0.25) is 0 Å². The van der Waals surface area contributed by atoms with Gasteiger partial charge in [-0.25, -0.2) is 0 Å². The van der Waals surface area contributed by atoms with Crippen molar-refractivity contribution < 1.29 is 18.8 Å². The molecule has 5 rings (SSSR count). The molecule has 1 aromatic heterocycles. The Balaban J connectivity index is 1.30. The third-order valence-corrected chi connectivity index (χ3v) is 6.52. The number of hydrogen-bond donors (Lipinski definition) is 0. The molecule has 2 saturated heterocycles. The molecule has 0 aliphatic carbocycles. The molecule has 1 aromatic carbocycles. The van der Waals surface area contributed by atoms with Gasteiger partial charge in [0, 0.05) is 19.7 Å². The van der Waals surface area contributed by atoms with Crippen molar-refractivity contribution in [2.75, 3.05) is 20.1 Å². The molecule has 7 heteroatoms. The topological polar surface area (TPSA) is 75.9 Å². The fourth-order valence-electron chi connectivity index (χ4n) is 4.96. The number of fused-ring (bicyclic) bond motifs is 1. The van der Waals surface area contributed by atoms with E-state index in [-0.39, 0.29) is 17.9 Å². The summed E-state index contributed by atoms with van der Waals surface area (Å²) >= 11 is 0. The smallest absolute Gasteiger partial charge is 0.230 e. The monoisotopic (exact) mass is 407 g/mol. The predicted molar refractivity (Wildman–Crippen MR) is 108 cm³/mol. The zero-order valence-corrected chi connectivity index (χ0v) is 17.2. The maximum absolute atomic E-state index is 13.3. The second kappa shape index (κ2) is 7.09. The van der Waals surface area contributed by atoms with Crippen LogP contribution in [0.5, 0.6) is 0 Å². The number of ether oxygens (including phenoxy) is 1. The number of hydrogen-bond acceptors (Lipinski definition) is 5. The summed E-state index contributed by atoms with van der Waals surface area (Å²) in [5.74, 6) is -0.436. The molecule has 2 amide bonds. The predicted octanol–water partition coefficient (Wildman–Crippen LogP) is 1.97. The van der Waals surface area contributed by atoms with Gasteiger partial charge in [-0.3, -0.25) is 9.59 Å². The first kappa shape index (κ1) is 19.1. The Hall–Kier alpha value is -2.93. The molecule has 0 saturated carbocycles. The number of carbonyl (C=O) groups is 2. The lowest BCUT2D eigenvalue weighted by molar-refractivity contribution is -0.142. The van der Waals surface area contributed by atoms with Gasteiger partial charge in [0.15, 0.2) is 5.76 Å². The molecule has 4 heterocycles. The van der Waals surface area contributed by atoms with Gasteiger partial charge in [-0.15, -0.1) is 0 Å². The van der Waals surface area contributed by atoms with E-state index in [1.807, 2.05) is 17.1 Å². The number of amides is 2. The highest BCUT2D eigenvalue weighted by molar-refractivity contribution is 5.93. The van der Waals surface area contributed by atoms with Crippen molar-refractivity contribution in [3.63, 3.8) is 0 Å². The van der Waals surface area contributed by atoms with Crippen molar-refractivity contribution >= 4 is 11.8 Å². The van der Waals surface area contributed by atoms with Crippen molar-refractivity contribution in [2.24, 2.45) is 11.8 Å².